The van der Waals surface area contributed by atoms with Crippen molar-refractivity contribution in [3.8, 4) is 0 Å². The van der Waals surface area contributed by atoms with Crippen LogP contribution in [0.15, 0.2) is 48.6 Å². The molecule has 0 fully saturated rings. The molecule has 6 heteroatoms. The van der Waals surface area contributed by atoms with Gasteiger partial charge in [0.05, 0.1) is 12.2 Å². The molecule has 1 heterocycles. The molecule has 1 aliphatic heterocycles. The van der Waals surface area contributed by atoms with E-state index in [-0.39, 0.29) is 35.5 Å². The van der Waals surface area contributed by atoms with Gasteiger partial charge >= 0.3 is 11.9 Å². The molecule has 0 saturated carbocycles. The van der Waals surface area contributed by atoms with Crippen LogP contribution in [0.4, 0.5) is 0 Å². The Morgan fingerprint density at radius 3 is 1.26 bits per heavy atom. The second kappa shape index (κ2) is 14.3. The van der Waals surface area contributed by atoms with Gasteiger partial charge in [-0.1, -0.05) is 91.8 Å². The molecule has 0 aromatic carbocycles. The van der Waals surface area contributed by atoms with Gasteiger partial charge in [-0.25, -0.2) is 9.59 Å². The largest absolute Gasteiger partial charge is 0.458 e. The van der Waals surface area contributed by atoms with Crippen molar-refractivity contribution in [2.45, 2.75) is 79.8 Å². The summed E-state index contributed by atoms with van der Waals surface area (Å²) in [4.78, 5) is 25.0. The summed E-state index contributed by atoms with van der Waals surface area (Å²) in [7, 11) is 0. The van der Waals surface area contributed by atoms with Crippen molar-refractivity contribution in [3.05, 3.63) is 48.6 Å². The average Bonchev–Trinajstić information content (AvgIpc) is 2.78. The molecule has 0 spiro atoms. The maximum Gasteiger partial charge on any atom is 0.331 e. The Balaban J connectivity index is 3.23. The Hall–Kier alpha value is -2.18. The molecule has 0 aromatic rings. The van der Waals surface area contributed by atoms with E-state index in [1.807, 2.05) is 67.5 Å². The number of ether oxygens (including phenoxy) is 2. The zero-order chi connectivity index (χ0) is 26.0. The smallest absolute Gasteiger partial charge is 0.331 e. The lowest BCUT2D eigenvalue weighted by molar-refractivity contribution is -0.151. The summed E-state index contributed by atoms with van der Waals surface area (Å²) >= 11 is 0. The van der Waals surface area contributed by atoms with Crippen LogP contribution < -0.4 is 0 Å². The number of carbonyl (C=O) groups is 2. The first-order valence-electron chi connectivity index (χ1n) is 12.3. The molecular formula is C28H44O6. The number of carbonyl (C=O) groups excluding carboxylic acids is 2. The highest BCUT2D eigenvalue weighted by Crippen LogP contribution is 2.27. The molecule has 192 valence electrons. The molecule has 0 bridgehead atoms. The van der Waals surface area contributed by atoms with E-state index in [2.05, 4.69) is 0 Å². The minimum absolute atomic E-state index is 0.0180. The average molecular weight is 477 g/mol. The van der Waals surface area contributed by atoms with Gasteiger partial charge in [-0.15, -0.1) is 0 Å². The first kappa shape index (κ1) is 29.9. The third-order valence-electron chi connectivity index (χ3n) is 6.54. The van der Waals surface area contributed by atoms with Crippen molar-refractivity contribution in [2.24, 2.45) is 35.5 Å². The highest BCUT2D eigenvalue weighted by atomic mass is 16.5. The maximum absolute atomic E-state index is 12.5. The van der Waals surface area contributed by atoms with E-state index in [0.29, 0.717) is 0 Å². The molecule has 0 aliphatic carbocycles. The molecule has 0 saturated heterocycles. The van der Waals surface area contributed by atoms with Crippen LogP contribution in [0.5, 0.6) is 0 Å². The van der Waals surface area contributed by atoms with Crippen molar-refractivity contribution >= 4 is 11.9 Å². The molecule has 0 aromatic heterocycles. The van der Waals surface area contributed by atoms with Crippen LogP contribution in [0.1, 0.15) is 55.4 Å². The topological polar surface area (TPSA) is 93.1 Å². The van der Waals surface area contributed by atoms with Gasteiger partial charge in [-0.2, -0.15) is 0 Å². The predicted molar refractivity (Wildman–Crippen MR) is 135 cm³/mol. The molecule has 8 atom stereocenters. The second-order valence-electron chi connectivity index (χ2n) is 10.2. The van der Waals surface area contributed by atoms with E-state index in [9.17, 15) is 19.8 Å². The lowest BCUT2D eigenvalue weighted by Crippen LogP contribution is -2.39. The van der Waals surface area contributed by atoms with E-state index >= 15 is 0 Å². The third-order valence-corrected chi connectivity index (χ3v) is 6.54. The normalized spacial score (nSPS) is 32.2. The fourth-order valence-electron chi connectivity index (χ4n) is 4.30. The first-order chi connectivity index (χ1) is 15.9. The van der Waals surface area contributed by atoms with Crippen molar-refractivity contribution in [2.75, 3.05) is 0 Å². The second-order valence-corrected chi connectivity index (χ2v) is 10.2. The Labute approximate surface area is 205 Å². The highest BCUT2D eigenvalue weighted by Gasteiger charge is 2.33. The van der Waals surface area contributed by atoms with Crippen LogP contribution in [0.3, 0.4) is 0 Å². The zero-order valence-corrected chi connectivity index (χ0v) is 21.9. The number of aliphatic hydroxyl groups excluding tert-OH is 2. The number of cyclic esters (lactones) is 2. The van der Waals surface area contributed by atoms with Gasteiger partial charge in [0, 0.05) is 35.8 Å². The van der Waals surface area contributed by atoms with E-state index in [0.717, 1.165) is 0 Å². The molecule has 0 unspecified atom stereocenters. The van der Waals surface area contributed by atoms with Crippen molar-refractivity contribution in [1.82, 2.24) is 0 Å². The van der Waals surface area contributed by atoms with E-state index in [1.54, 1.807) is 24.3 Å². The number of allylic oxidation sites excluding steroid dienone is 4. The Morgan fingerprint density at radius 2 is 0.971 bits per heavy atom. The molecular weight excluding hydrogens is 432 g/mol. The van der Waals surface area contributed by atoms with Gasteiger partial charge in [-0.3, -0.25) is 0 Å². The quantitative estimate of drug-likeness (QED) is 0.543. The van der Waals surface area contributed by atoms with Crippen LogP contribution in [0, 0.1) is 35.5 Å². The van der Waals surface area contributed by atoms with E-state index < -0.39 is 36.4 Å². The number of rotatable bonds is 6. The minimum atomic E-state index is -0.630. The van der Waals surface area contributed by atoms with Gasteiger partial charge in [0.15, 0.2) is 0 Å². The summed E-state index contributed by atoms with van der Waals surface area (Å²) in [6, 6.07) is 0. The van der Waals surface area contributed by atoms with Gasteiger partial charge in [0.2, 0.25) is 0 Å². The molecule has 2 N–H and O–H groups in total. The minimum Gasteiger partial charge on any atom is -0.458 e. The Morgan fingerprint density at radius 1 is 0.647 bits per heavy atom. The maximum atomic E-state index is 12.5. The number of hydrogen-bond acceptors (Lipinski definition) is 6. The zero-order valence-electron chi connectivity index (χ0n) is 21.9. The van der Waals surface area contributed by atoms with Crippen molar-refractivity contribution in [3.63, 3.8) is 0 Å². The molecule has 34 heavy (non-hydrogen) atoms. The third kappa shape index (κ3) is 9.22. The number of hydrogen-bond donors (Lipinski definition) is 2. The SMILES string of the molecule is CC(C)[C@H](O)[C@H](C)[C@H]1OC(=O)/C=C/C=C/[C@H](C)[C@@H]([C@@H](C)[C@@H](O)C(C)C)OC(=O)/C=C/C=C/[C@@H]1C. The summed E-state index contributed by atoms with van der Waals surface area (Å²) in [5.74, 6) is -1.89. The number of aliphatic hydroxyl groups is 2. The molecule has 1 rings (SSSR count). The number of esters is 2. The standard InChI is InChI=1S/C28H44O6/c1-17(2)25(31)21(7)27-19(5)13-9-11-16-24(30)34-28(22(8)26(32)18(3)4)20(6)14-10-12-15-23(29)33-27/h9-22,25-28,31-32H,1-8H3/b13-9+,14-10+,15-12+,16-11+/t19-,20-,21-,22-,25-,26-,27-,28-/m0/s1. The van der Waals surface area contributed by atoms with Crippen LogP contribution in [0.25, 0.3) is 0 Å². The molecule has 0 radical (unpaired) electrons. The first-order valence-corrected chi connectivity index (χ1v) is 12.3. The monoisotopic (exact) mass is 476 g/mol. The fourth-order valence-corrected chi connectivity index (χ4v) is 4.30. The lowest BCUT2D eigenvalue weighted by Gasteiger charge is -2.32. The predicted octanol–water partition coefficient (Wildman–Crippen LogP) is 4.63. The summed E-state index contributed by atoms with van der Waals surface area (Å²) in [5, 5.41) is 21.1. The molecule has 0 amide bonds. The highest BCUT2D eigenvalue weighted by molar-refractivity contribution is 5.83. The Kier molecular flexibility index (Phi) is 12.5. The van der Waals surface area contributed by atoms with Crippen LogP contribution in [0.2, 0.25) is 0 Å². The van der Waals surface area contributed by atoms with Gasteiger partial charge in [-0.05, 0) is 11.8 Å². The van der Waals surface area contributed by atoms with Crippen LogP contribution >= 0.6 is 0 Å². The van der Waals surface area contributed by atoms with Gasteiger partial charge < -0.3 is 19.7 Å². The lowest BCUT2D eigenvalue weighted by atomic mass is 9.84. The van der Waals surface area contributed by atoms with Crippen LogP contribution in [-0.4, -0.2) is 46.6 Å². The van der Waals surface area contributed by atoms with Crippen molar-refractivity contribution < 1.29 is 29.3 Å². The van der Waals surface area contributed by atoms with Gasteiger partial charge in [0.25, 0.3) is 0 Å². The molecule has 1 aliphatic rings. The summed E-state index contributed by atoms with van der Waals surface area (Å²) in [6.07, 6.45) is 10.7. The van der Waals surface area contributed by atoms with Crippen molar-refractivity contribution in [1.29, 1.82) is 0 Å². The van der Waals surface area contributed by atoms with Crippen LogP contribution in [-0.2, 0) is 19.1 Å². The Bertz CT molecular complexity index is 699. The van der Waals surface area contributed by atoms with E-state index in [1.165, 1.54) is 12.2 Å². The summed E-state index contributed by atoms with van der Waals surface area (Å²) < 4.78 is 11.5. The summed E-state index contributed by atoms with van der Waals surface area (Å²) in [5.41, 5.74) is 0. The van der Waals surface area contributed by atoms with E-state index in [4.69, 9.17) is 9.47 Å². The van der Waals surface area contributed by atoms with Gasteiger partial charge in [0.1, 0.15) is 12.2 Å². The molecule has 6 nitrogen and oxygen atoms in total. The summed E-state index contributed by atoms with van der Waals surface area (Å²) in [6.45, 7) is 15.3. The fraction of sp³-hybridized carbons (Fsp3) is 0.643.